The lowest BCUT2D eigenvalue weighted by Gasteiger charge is -2.24. The lowest BCUT2D eigenvalue weighted by molar-refractivity contribution is -0.518. The fraction of sp³-hybridized carbons (Fsp3) is 0.750. The Labute approximate surface area is 136 Å². The largest absolute Gasteiger partial charge is 0.480 e. The van der Waals surface area contributed by atoms with E-state index in [0.29, 0.717) is 19.4 Å². The average molecular weight is 352 g/mol. The van der Waals surface area contributed by atoms with Crippen molar-refractivity contribution in [2.45, 2.75) is 39.0 Å². The summed E-state index contributed by atoms with van der Waals surface area (Å²) in [4.78, 5) is 40.4. The highest BCUT2D eigenvalue weighted by atomic mass is 32.2. The van der Waals surface area contributed by atoms with Crippen LogP contribution in [0.15, 0.2) is 0 Å². The molecule has 132 valence electrons. The van der Waals surface area contributed by atoms with E-state index in [-0.39, 0.29) is 11.7 Å². The number of hydrogen-bond acceptors (Lipinski definition) is 9. The zero-order chi connectivity index (χ0) is 17.6. The molecule has 1 rings (SSSR count). The van der Waals surface area contributed by atoms with Gasteiger partial charge in [-0.25, -0.2) is 14.4 Å². The van der Waals surface area contributed by atoms with E-state index >= 15 is 0 Å². The smallest absolute Gasteiger partial charge is 0.369 e. The third kappa shape index (κ3) is 6.31. The molecular weight excluding hydrogens is 332 g/mol. The topological polar surface area (TPSA) is 137 Å². The van der Waals surface area contributed by atoms with Crippen molar-refractivity contribution in [2.24, 2.45) is 5.92 Å². The number of carbonyl (C=O) groups is 3. The van der Waals surface area contributed by atoms with Crippen LogP contribution in [0.2, 0.25) is 0 Å². The fourth-order valence-corrected chi connectivity index (χ4v) is 2.89. The Bertz CT molecular complexity index is 447. The summed E-state index contributed by atoms with van der Waals surface area (Å²) in [6.45, 7) is 3.26. The number of carbonyl (C=O) groups excluding carboxylic acids is 2. The molecule has 1 amide bonds. The Morgan fingerprint density at radius 3 is 2.57 bits per heavy atom. The maximum absolute atomic E-state index is 12.2. The predicted molar refractivity (Wildman–Crippen MR) is 76.4 cm³/mol. The highest BCUT2D eigenvalue weighted by Gasteiger charge is 2.35. The minimum absolute atomic E-state index is 0.106. The van der Waals surface area contributed by atoms with Crippen molar-refractivity contribution < 1.29 is 39.5 Å². The van der Waals surface area contributed by atoms with Crippen LogP contribution in [-0.2, 0) is 19.2 Å². The van der Waals surface area contributed by atoms with Crippen LogP contribution in [0.5, 0.6) is 0 Å². The van der Waals surface area contributed by atoms with Crippen LogP contribution >= 0.6 is 11.8 Å². The first kappa shape index (κ1) is 19.6. The summed E-state index contributed by atoms with van der Waals surface area (Å²) in [5.74, 6) is -1.80. The van der Waals surface area contributed by atoms with Crippen LogP contribution in [-0.4, -0.2) is 67.6 Å². The Morgan fingerprint density at radius 2 is 2.00 bits per heavy atom. The molecule has 1 unspecified atom stereocenters. The Balaban J connectivity index is 2.40. The molecule has 11 heteroatoms. The fourth-order valence-electron chi connectivity index (χ4n) is 2.16. The highest BCUT2D eigenvalue weighted by Crippen LogP contribution is 2.22. The molecule has 0 aromatic rings. The monoisotopic (exact) mass is 352 g/mol. The maximum Gasteiger partial charge on any atom is 0.369 e. The maximum atomic E-state index is 12.2. The quantitative estimate of drug-likeness (QED) is 0.344. The molecule has 1 heterocycles. The van der Waals surface area contributed by atoms with Gasteiger partial charge in [0.2, 0.25) is 12.2 Å². The molecule has 1 saturated heterocycles. The molecule has 3 N–H and O–H groups in total. The summed E-state index contributed by atoms with van der Waals surface area (Å²) < 4.78 is 4.70. The van der Waals surface area contributed by atoms with Gasteiger partial charge in [0.15, 0.2) is 0 Å². The van der Waals surface area contributed by atoms with Gasteiger partial charge in [-0.05, 0) is 24.6 Å². The van der Waals surface area contributed by atoms with Gasteiger partial charge in [-0.15, -0.1) is 0 Å². The van der Waals surface area contributed by atoms with Crippen LogP contribution in [0.4, 0.5) is 4.79 Å². The predicted octanol–water partition coefficient (Wildman–Crippen LogP) is 0.926. The number of amides is 1. The van der Waals surface area contributed by atoms with Crippen LogP contribution < -0.4 is 0 Å². The number of likely N-dealkylation sites (tertiary alicyclic amines) is 1. The van der Waals surface area contributed by atoms with Crippen LogP contribution in [0.25, 0.3) is 0 Å². The molecule has 0 bridgehead atoms. The molecule has 23 heavy (non-hydrogen) atoms. The van der Waals surface area contributed by atoms with E-state index in [1.165, 1.54) is 11.8 Å². The molecule has 1 aliphatic rings. The lowest BCUT2D eigenvalue weighted by Crippen LogP contribution is -2.43. The van der Waals surface area contributed by atoms with Crippen molar-refractivity contribution in [3.05, 3.63) is 0 Å². The van der Waals surface area contributed by atoms with Crippen molar-refractivity contribution in [3.8, 4) is 0 Å². The van der Waals surface area contributed by atoms with Crippen molar-refractivity contribution in [1.82, 2.24) is 10.3 Å². The van der Waals surface area contributed by atoms with Crippen LogP contribution in [0, 0.1) is 5.92 Å². The SMILES string of the molecule is CC(OC(=O)SC[C@@H](C)C(=O)N1CCC[C@H]1C(=O)O)ON(O)O. The van der Waals surface area contributed by atoms with Gasteiger partial charge in [-0.3, -0.25) is 15.2 Å². The first-order valence-corrected chi connectivity index (χ1v) is 7.92. The Morgan fingerprint density at radius 1 is 1.35 bits per heavy atom. The van der Waals surface area contributed by atoms with Gasteiger partial charge in [-0.1, -0.05) is 6.92 Å². The molecular formula is C12H20N2O8S. The van der Waals surface area contributed by atoms with E-state index in [1.807, 2.05) is 0 Å². The average Bonchev–Trinajstić information content (AvgIpc) is 2.92. The number of carboxylic acids is 1. The molecule has 0 aliphatic carbocycles. The Kier molecular flexibility index (Phi) is 7.72. The van der Waals surface area contributed by atoms with E-state index < -0.39 is 34.9 Å². The molecule has 10 nitrogen and oxygen atoms in total. The molecule has 0 saturated carbocycles. The third-order valence-corrected chi connectivity index (χ3v) is 4.20. The lowest BCUT2D eigenvalue weighted by atomic mass is 10.1. The summed E-state index contributed by atoms with van der Waals surface area (Å²) in [6.07, 6.45) is -0.152. The number of thioether (sulfide) groups is 1. The minimum atomic E-state index is -1.22. The van der Waals surface area contributed by atoms with E-state index in [0.717, 1.165) is 11.8 Å². The zero-order valence-electron chi connectivity index (χ0n) is 12.7. The molecule has 1 aliphatic heterocycles. The number of nitrogens with zero attached hydrogens (tertiary/aromatic N) is 2. The van der Waals surface area contributed by atoms with Gasteiger partial charge in [0.05, 0.1) is 5.39 Å². The number of aliphatic carboxylic acids is 1. The zero-order valence-corrected chi connectivity index (χ0v) is 13.6. The van der Waals surface area contributed by atoms with Gasteiger partial charge in [0, 0.05) is 25.1 Å². The van der Waals surface area contributed by atoms with E-state index in [4.69, 9.17) is 20.3 Å². The van der Waals surface area contributed by atoms with E-state index in [9.17, 15) is 14.4 Å². The van der Waals surface area contributed by atoms with Crippen molar-refractivity contribution >= 4 is 28.9 Å². The summed E-state index contributed by atoms with van der Waals surface area (Å²) >= 11 is 0.719. The molecule has 0 aromatic heterocycles. The summed E-state index contributed by atoms with van der Waals surface area (Å²) in [7, 11) is 0. The minimum Gasteiger partial charge on any atom is -0.480 e. The van der Waals surface area contributed by atoms with Crippen molar-refractivity contribution in [3.63, 3.8) is 0 Å². The van der Waals surface area contributed by atoms with Crippen LogP contribution in [0.1, 0.15) is 26.7 Å². The molecule has 3 atom stereocenters. The normalized spacial score (nSPS) is 20.4. The van der Waals surface area contributed by atoms with Crippen molar-refractivity contribution in [1.29, 1.82) is 0 Å². The van der Waals surface area contributed by atoms with E-state index in [1.54, 1.807) is 6.92 Å². The third-order valence-electron chi connectivity index (χ3n) is 3.20. The van der Waals surface area contributed by atoms with Gasteiger partial charge in [0.1, 0.15) is 6.04 Å². The highest BCUT2D eigenvalue weighted by molar-refractivity contribution is 8.13. The molecule has 1 fully saturated rings. The molecule has 0 aromatic carbocycles. The second-order valence-electron chi connectivity index (χ2n) is 5.03. The van der Waals surface area contributed by atoms with Gasteiger partial charge in [-0.2, -0.15) is 0 Å². The standard InChI is InChI=1S/C12H20N2O8S/c1-7(6-23-12(18)21-8(2)22-14(19)20)10(15)13-5-3-4-9(13)11(16)17/h7-9,19-20H,3-6H2,1-2H3,(H,16,17)/t7-,8?,9+/m1/s1. The second kappa shape index (κ2) is 9.03. The second-order valence-corrected chi connectivity index (χ2v) is 5.99. The number of carboxylic acid groups (broad SMARTS) is 1. The van der Waals surface area contributed by atoms with E-state index in [2.05, 4.69) is 4.84 Å². The van der Waals surface area contributed by atoms with Crippen molar-refractivity contribution in [2.75, 3.05) is 12.3 Å². The first-order valence-electron chi connectivity index (χ1n) is 6.93. The summed E-state index contributed by atoms with van der Waals surface area (Å²) in [5, 5.41) is 24.5. The number of hydrogen-bond donors (Lipinski definition) is 3. The Hall–Kier alpha value is -1.40. The van der Waals surface area contributed by atoms with Gasteiger partial charge in [0.25, 0.3) is 0 Å². The number of ether oxygens (including phenoxy) is 1. The first-order chi connectivity index (χ1) is 10.7. The number of rotatable bonds is 7. The van der Waals surface area contributed by atoms with Gasteiger partial charge >= 0.3 is 11.3 Å². The van der Waals surface area contributed by atoms with Gasteiger partial charge < -0.3 is 14.7 Å². The summed E-state index contributed by atoms with van der Waals surface area (Å²) in [6, 6.07) is -0.810. The summed E-state index contributed by atoms with van der Waals surface area (Å²) in [5.41, 5.74) is 0. The molecule has 0 radical (unpaired) electrons. The van der Waals surface area contributed by atoms with Crippen LogP contribution in [0.3, 0.4) is 0 Å². The molecule has 0 spiro atoms.